The Labute approximate surface area is 142 Å². The molecule has 0 unspecified atom stereocenters. The molecule has 2 aromatic rings. The van der Waals surface area contributed by atoms with E-state index < -0.39 is 0 Å². The molecular formula is C19H24N2O3. The largest absolute Gasteiger partial charge is 0.461 e. The fraction of sp³-hybridized carbons (Fsp3) is 0.421. The van der Waals surface area contributed by atoms with Gasteiger partial charge in [-0.2, -0.15) is 0 Å². The van der Waals surface area contributed by atoms with E-state index in [0.717, 1.165) is 50.6 Å². The number of carbonyl (C=O) groups excluding carboxylic acids is 1. The fourth-order valence-electron chi connectivity index (χ4n) is 2.91. The molecule has 5 heteroatoms. The minimum atomic E-state index is -0.0762. The van der Waals surface area contributed by atoms with E-state index in [2.05, 4.69) is 10.2 Å². The van der Waals surface area contributed by atoms with Gasteiger partial charge < -0.3 is 14.5 Å². The molecule has 2 heterocycles. The number of aryl methyl sites for hydroxylation is 1. The summed E-state index contributed by atoms with van der Waals surface area (Å²) >= 11 is 0. The molecule has 0 bridgehead atoms. The minimum Gasteiger partial charge on any atom is -0.461 e. The van der Waals surface area contributed by atoms with Gasteiger partial charge in [-0.05, 0) is 26.0 Å². The van der Waals surface area contributed by atoms with E-state index in [4.69, 9.17) is 9.15 Å². The van der Waals surface area contributed by atoms with Crippen molar-refractivity contribution in [1.29, 1.82) is 0 Å². The lowest BCUT2D eigenvalue weighted by atomic mass is 10.1. The maximum atomic E-state index is 12.5. The Balaban J connectivity index is 1.55. The molecule has 1 aliphatic heterocycles. The van der Waals surface area contributed by atoms with Gasteiger partial charge in [-0.25, -0.2) is 0 Å². The molecule has 1 aromatic carbocycles. The number of morpholine rings is 1. The third kappa shape index (κ3) is 4.24. The number of amides is 1. The van der Waals surface area contributed by atoms with Gasteiger partial charge in [0.1, 0.15) is 11.5 Å². The van der Waals surface area contributed by atoms with E-state index in [-0.39, 0.29) is 5.91 Å². The number of benzene rings is 1. The second kappa shape index (κ2) is 8.13. The van der Waals surface area contributed by atoms with E-state index in [1.54, 1.807) is 6.07 Å². The third-order valence-corrected chi connectivity index (χ3v) is 4.18. The van der Waals surface area contributed by atoms with Gasteiger partial charge in [-0.15, -0.1) is 0 Å². The number of nitrogens with zero attached hydrogens (tertiary/aromatic N) is 1. The number of rotatable bonds is 6. The zero-order valence-electron chi connectivity index (χ0n) is 14.1. The van der Waals surface area contributed by atoms with Crippen molar-refractivity contribution in [3.05, 3.63) is 47.7 Å². The van der Waals surface area contributed by atoms with Crippen LogP contribution in [0.3, 0.4) is 0 Å². The summed E-state index contributed by atoms with van der Waals surface area (Å²) in [5, 5.41) is 3.01. The molecule has 0 saturated carbocycles. The monoisotopic (exact) mass is 328 g/mol. The lowest BCUT2D eigenvalue weighted by molar-refractivity contribution is 0.0374. The molecule has 1 amide bonds. The van der Waals surface area contributed by atoms with Crippen molar-refractivity contribution < 1.29 is 13.9 Å². The van der Waals surface area contributed by atoms with Crippen LogP contribution in [0.4, 0.5) is 0 Å². The van der Waals surface area contributed by atoms with Crippen LogP contribution in [0, 0.1) is 6.92 Å². The van der Waals surface area contributed by atoms with Crippen molar-refractivity contribution in [2.45, 2.75) is 13.3 Å². The van der Waals surface area contributed by atoms with Gasteiger partial charge in [0.2, 0.25) is 0 Å². The smallest absolute Gasteiger partial charge is 0.255 e. The number of nitrogens with one attached hydrogen (secondary N) is 1. The van der Waals surface area contributed by atoms with E-state index in [1.165, 1.54) is 0 Å². The quantitative estimate of drug-likeness (QED) is 0.829. The van der Waals surface area contributed by atoms with Crippen LogP contribution in [-0.4, -0.2) is 50.2 Å². The molecule has 0 spiro atoms. The number of furan rings is 1. The summed E-state index contributed by atoms with van der Waals surface area (Å²) in [5.41, 5.74) is 1.52. The highest BCUT2D eigenvalue weighted by molar-refractivity contribution is 5.99. The molecule has 1 aromatic heterocycles. The summed E-state index contributed by atoms with van der Waals surface area (Å²) in [7, 11) is 0. The zero-order valence-corrected chi connectivity index (χ0v) is 14.1. The minimum absolute atomic E-state index is 0.0762. The Hall–Kier alpha value is -2.11. The number of ether oxygens (including phenoxy) is 1. The normalized spacial score (nSPS) is 15.4. The molecule has 0 atom stereocenters. The lowest BCUT2D eigenvalue weighted by Crippen LogP contribution is -2.38. The Bertz CT molecular complexity index is 661. The highest BCUT2D eigenvalue weighted by Gasteiger charge is 2.18. The van der Waals surface area contributed by atoms with Crippen LogP contribution < -0.4 is 5.32 Å². The van der Waals surface area contributed by atoms with E-state index in [9.17, 15) is 4.79 Å². The Kier molecular flexibility index (Phi) is 5.67. The second-order valence-corrected chi connectivity index (χ2v) is 6.03. The van der Waals surface area contributed by atoms with Gasteiger partial charge in [0.25, 0.3) is 5.91 Å². The Morgan fingerprint density at radius 3 is 2.71 bits per heavy atom. The van der Waals surface area contributed by atoms with Gasteiger partial charge in [-0.3, -0.25) is 9.69 Å². The van der Waals surface area contributed by atoms with Gasteiger partial charge in [0.05, 0.1) is 18.8 Å². The van der Waals surface area contributed by atoms with Gasteiger partial charge >= 0.3 is 0 Å². The molecule has 5 nitrogen and oxygen atoms in total. The summed E-state index contributed by atoms with van der Waals surface area (Å²) < 4.78 is 11.1. The van der Waals surface area contributed by atoms with E-state index >= 15 is 0 Å². The first-order valence-electron chi connectivity index (χ1n) is 8.48. The summed E-state index contributed by atoms with van der Waals surface area (Å²) in [6, 6.07) is 11.5. The summed E-state index contributed by atoms with van der Waals surface area (Å²) in [6.07, 6.45) is 0.934. The molecule has 0 aliphatic carbocycles. The number of carbonyl (C=O) groups is 1. The predicted octanol–water partition coefficient (Wildman–Crippen LogP) is 2.71. The first-order valence-corrected chi connectivity index (χ1v) is 8.48. The average molecular weight is 328 g/mol. The first kappa shape index (κ1) is 16.7. The molecule has 0 radical (unpaired) electrons. The van der Waals surface area contributed by atoms with Crippen molar-refractivity contribution in [3.63, 3.8) is 0 Å². The molecule has 3 rings (SSSR count). The highest BCUT2D eigenvalue weighted by atomic mass is 16.5. The number of hydrogen-bond acceptors (Lipinski definition) is 4. The van der Waals surface area contributed by atoms with Crippen LogP contribution in [0.5, 0.6) is 0 Å². The third-order valence-electron chi connectivity index (χ3n) is 4.18. The molecular weight excluding hydrogens is 304 g/mol. The van der Waals surface area contributed by atoms with Crippen LogP contribution in [0.15, 0.2) is 40.8 Å². The molecule has 24 heavy (non-hydrogen) atoms. The fourth-order valence-corrected chi connectivity index (χ4v) is 2.91. The SMILES string of the molecule is Cc1cc(C(=O)NCCCN2CCOCC2)c(-c2ccccc2)o1. The summed E-state index contributed by atoms with van der Waals surface area (Å²) in [4.78, 5) is 14.9. The van der Waals surface area contributed by atoms with Gasteiger partial charge in [0, 0.05) is 25.2 Å². The van der Waals surface area contributed by atoms with Crippen molar-refractivity contribution in [3.8, 4) is 11.3 Å². The van der Waals surface area contributed by atoms with Crippen molar-refractivity contribution in [2.24, 2.45) is 0 Å². The van der Waals surface area contributed by atoms with Crippen molar-refractivity contribution in [1.82, 2.24) is 10.2 Å². The first-order chi connectivity index (χ1) is 11.7. The van der Waals surface area contributed by atoms with Crippen molar-refractivity contribution >= 4 is 5.91 Å². The molecule has 1 aliphatic rings. The molecule has 128 valence electrons. The maximum Gasteiger partial charge on any atom is 0.255 e. The van der Waals surface area contributed by atoms with E-state index in [1.807, 2.05) is 37.3 Å². The van der Waals surface area contributed by atoms with Gasteiger partial charge in [-0.1, -0.05) is 30.3 Å². The van der Waals surface area contributed by atoms with Crippen LogP contribution >= 0.6 is 0 Å². The zero-order chi connectivity index (χ0) is 16.8. The van der Waals surface area contributed by atoms with Crippen LogP contribution in [0.1, 0.15) is 22.5 Å². The van der Waals surface area contributed by atoms with E-state index in [0.29, 0.717) is 17.9 Å². The molecule has 1 fully saturated rings. The lowest BCUT2D eigenvalue weighted by Gasteiger charge is -2.26. The standard InChI is InChI=1S/C19H24N2O3/c1-15-14-17(18(24-15)16-6-3-2-4-7-16)19(22)20-8-5-9-21-10-12-23-13-11-21/h2-4,6-7,14H,5,8-13H2,1H3,(H,20,22). The maximum absolute atomic E-state index is 12.5. The predicted molar refractivity (Wildman–Crippen MR) is 93.1 cm³/mol. The summed E-state index contributed by atoms with van der Waals surface area (Å²) in [6.45, 7) is 7.08. The Morgan fingerprint density at radius 2 is 1.96 bits per heavy atom. The van der Waals surface area contributed by atoms with Gasteiger partial charge in [0.15, 0.2) is 0 Å². The van der Waals surface area contributed by atoms with Crippen molar-refractivity contribution in [2.75, 3.05) is 39.4 Å². The topological polar surface area (TPSA) is 54.7 Å². The average Bonchev–Trinajstić information content (AvgIpc) is 3.02. The second-order valence-electron chi connectivity index (χ2n) is 6.03. The molecule has 1 N–H and O–H groups in total. The molecule has 1 saturated heterocycles. The van der Waals surface area contributed by atoms with Crippen LogP contribution in [0.25, 0.3) is 11.3 Å². The summed E-state index contributed by atoms with van der Waals surface area (Å²) in [5.74, 6) is 1.30. The van der Waals surface area contributed by atoms with Crippen LogP contribution in [-0.2, 0) is 4.74 Å². The highest BCUT2D eigenvalue weighted by Crippen LogP contribution is 2.26. The Morgan fingerprint density at radius 1 is 1.21 bits per heavy atom. The number of hydrogen-bond donors (Lipinski definition) is 1. The van der Waals surface area contributed by atoms with Crippen LogP contribution in [0.2, 0.25) is 0 Å².